The number of carbonyl (C=O) groups is 1. The van der Waals surface area contributed by atoms with Crippen LogP contribution in [0.15, 0.2) is 77.7 Å². The van der Waals surface area contributed by atoms with Gasteiger partial charge in [0.05, 0.1) is 20.8 Å². The standard InChI is InChI=1S/C29H35N3O5S/c1-23-9-14-27(37-3)28(21-23)38(34,35)32(16-15-24-7-5-4-6-8-24)22-29(33)31-19-17-30(18-20-31)25-10-12-26(36-2)13-11-25/h4-14,21H,15-20,22H2,1-3H3. The molecular formula is C29H35N3O5S. The molecule has 9 heteroatoms. The van der Waals surface area contributed by atoms with E-state index in [1.54, 1.807) is 30.2 Å². The maximum atomic E-state index is 13.8. The molecule has 0 bridgehead atoms. The molecule has 202 valence electrons. The van der Waals surface area contributed by atoms with Gasteiger partial charge in [-0.15, -0.1) is 0 Å². The summed E-state index contributed by atoms with van der Waals surface area (Å²) in [5, 5.41) is 0. The number of sulfonamides is 1. The number of hydrogen-bond acceptors (Lipinski definition) is 6. The van der Waals surface area contributed by atoms with Crippen molar-refractivity contribution in [1.29, 1.82) is 0 Å². The molecule has 0 aliphatic carbocycles. The Morgan fingerprint density at radius 2 is 1.58 bits per heavy atom. The van der Waals surface area contributed by atoms with Gasteiger partial charge in [0.25, 0.3) is 0 Å². The molecule has 1 heterocycles. The molecule has 0 saturated carbocycles. The minimum absolute atomic E-state index is 0.0742. The zero-order valence-corrected chi connectivity index (χ0v) is 23.0. The van der Waals surface area contributed by atoms with Crippen molar-refractivity contribution in [3.63, 3.8) is 0 Å². The van der Waals surface area contributed by atoms with Crippen molar-refractivity contribution < 1.29 is 22.7 Å². The van der Waals surface area contributed by atoms with E-state index >= 15 is 0 Å². The van der Waals surface area contributed by atoms with Crippen LogP contribution in [0, 0.1) is 6.92 Å². The summed E-state index contributed by atoms with van der Waals surface area (Å²) in [5.74, 6) is 0.855. The fourth-order valence-corrected chi connectivity index (χ4v) is 6.20. The van der Waals surface area contributed by atoms with Gasteiger partial charge in [-0.1, -0.05) is 36.4 Å². The Morgan fingerprint density at radius 1 is 0.895 bits per heavy atom. The van der Waals surface area contributed by atoms with Gasteiger partial charge >= 0.3 is 0 Å². The fraction of sp³-hybridized carbons (Fsp3) is 0.345. The summed E-state index contributed by atoms with van der Waals surface area (Å²) in [6.45, 7) is 4.16. The van der Waals surface area contributed by atoms with Crippen LogP contribution < -0.4 is 14.4 Å². The monoisotopic (exact) mass is 537 g/mol. The van der Waals surface area contributed by atoms with Crippen LogP contribution in [-0.2, 0) is 21.2 Å². The first-order valence-electron chi connectivity index (χ1n) is 12.7. The summed E-state index contributed by atoms with van der Waals surface area (Å²) in [4.78, 5) is 17.4. The number of carbonyl (C=O) groups excluding carboxylic acids is 1. The van der Waals surface area contributed by atoms with Crippen molar-refractivity contribution >= 4 is 21.6 Å². The predicted molar refractivity (Wildman–Crippen MR) is 148 cm³/mol. The topological polar surface area (TPSA) is 79.4 Å². The van der Waals surface area contributed by atoms with Crippen molar-refractivity contribution in [3.8, 4) is 11.5 Å². The molecule has 0 atom stereocenters. The Labute approximate surface area is 225 Å². The average molecular weight is 538 g/mol. The number of methoxy groups -OCH3 is 2. The highest BCUT2D eigenvalue weighted by Crippen LogP contribution is 2.28. The lowest BCUT2D eigenvalue weighted by atomic mass is 10.1. The number of amides is 1. The van der Waals surface area contributed by atoms with Crippen LogP contribution in [0.1, 0.15) is 11.1 Å². The first-order valence-corrected chi connectivity index (χ1v) is 14.1. The number of aryl methyl sites for hydroxylation is 1. The maximum absolute atomic E-state index is 13.8. The van der Waals surface area contributed by atoms with Gasteiger partial charge in [-0.05, 0) is 60.9 Å². The molecule has 38 heavy (non-hydrogen) atoms. The van der Waals surface area contributed by atoms with Crippen LogP contribution in [0.5, 0.6) is 11.5 Å². The highest BCUT2D eigenvalue weighted by Gasteiger charge is 2.32. The Bertz CT molecular complexity index is 1320. The van der Waals surface area contributed by atoms with Crippen LogP contribution in [-0.4, -0.2) is 77.0 Å². The van der Waals surface area contributed by atoms with E-state index in [1.807, 2.05) is 61.5 Å². The smallest absolute Gasteiger partial charge is 0.247 e. The van der Waals surface area contributed by atoms with Crippen LogP contribution >= 0.6 is 0 Å². The number of piperazine rings is 1. The molecule has 0 unspecified atom stereocenters. The molecule has 1 saturated heterocycles. The Balaban J connectivity index is 1.49. The predicted octanol–water partition coefficient (Wildman–Crippen LogP) is 3.59. The van der Waals surface area contributed by atoms with Crippen molar-refractivity contribution in [1.82, 2.24) is 9.21 Å². The molecule has 8 nitrogen and oxygen atoms in total. The van der Waals surface area contributed by atoms with Gasteiger partial charge in [-0.2, -0.15) is 4.31 Å². The van der Waals surface area contributed by atoms with Crippen molar-refractivity contribution in [3.05, 3.63) is 83.9 Å². The third-order valence-corrected chi connectivity index (χ3v) is 8.68. The summed E-state index contributed by atoms with van der Waals surface area (Å²) in [6.07, 6.45) is 0.493. The third kappa shape index (κ3) is 6.46. The van der Waals surface area contributed by atoms with Gasteiger partial charge in [-0.25, -0.2) is 8.42 Å². The quantitative estimate of drug-likeness (QED) is 0.393. The van der Waals surface area contributed by atoms with Gasteiger partial charge in [0, 0.05) is 38.4 Å². The summed E-state index contributed by atoms with van der Waals surface area (Å²) in [5.41, 5.74) is 2.87. The van der Waals surface area contributed by atoms with E-state index in [4.69, 9.17) is 9.47 Å². The molecular weight excluding hydrogens is 502 g/mol. The SMILES string of the molecule is COc1ccc(N2CCN(C(=O)CN(CCc3ccccc3)S(=O)(=O)c3cc(C)ccc3OC)CC2)cc1. The molecule has 1 fully saturated rings. The average Bonchev–Trinajstić information content (AvgIpc) is 2.95. The molecule has 0 aromatic heterocycles. The van der Waals surface area contributed by atoms with Gasteiger partial charge in [0.2, 0.25) is 15.9 Å². The largest absolute Gasteiger partial charge is 0.497 e. The Kier molecular flexibility index (Phi) is 8.91. The lowest BCUT2D eigenvalue weighted by Crippen LogP contribution is -2.52. The summed E-state index contributed by atoms with van der Waals surface area (Å²) in [6, 6.07) is 22.6. The number of ether oxygens (including phenoxy) is 2. The van der Waals surface area contributed by atoms with E-state index in [9.17, 15) is 13.2 Å². The highest BCUT2D eigenvalue weighted by molar-refractivity contribution is 7.89. The number of rotatable bonds is 10. The molecule has 1 aliphatic rings. The van der Waals surface area contributed by atoms with E-state index in [0.29, 0.717) is 32.6 Å². The summed E-state index contributed by atoms with van der Waals surface area (Å²) in [7, 11) is -0.906. The molecule has 0 radical (unpaired) electrons. The molecule has 1 aliphatic heterocycles. The molecule has 0 N–H and O–H groups in total. The Hall–Kier alpha value is -3.56. The van der Waals surface area contributed by atoms with Gasteiger partial charge in [0.15, 0.2) is 0 Å². The zero-order valence-electron chi connectivity index (χ0n) is 22.2. The van der Waals surface area contributed by atoms with Gasteiger partial charge < -0.3 is 19.3 Å². The van der Waals surface area contributed by atoms with Crippen LogP contribution in [0.25, 0.3) is 0 Å². The number of hydrogen-bond donors (Lipinski definition) is 0. The normalized spacial score (nSPS) is 14.0. The maximum Gasteiger partial charge on any atom is 0.247 e. The first kappa shape index (κ1) is 27.5. The lowest BCUT2D eigenvalue weighted by molar-refractivity contribution is -0.131. The van der Waals surface area contributed by atoms with E-state index in [0.717, 1.165) is 22.6 Å². The number of benzene rings is 3. The van der Waals surface area contributed by atoms with E-state index < -0.39 is 10.0 Å². The van der Waals surface area contributed by atoms with E-state index in [2.05, 4.69) is 4.90 Å². The molecule has 3 aromatic carbocycles. The van der Waals surface area contributed by atoms with Crippen molar-refractivity contribution in [2.45, 2.75) is 18.2 Å². The van der Waals surface area contributed by atoms with Crippen LogP contribution in [0.3, 0.4) is 0 Å². The third-order valence-electron chi connectivity index (χ3n) is 6.81. The second-order valence-electron chi connectivity index (χ2n) is 9.29. The first-order chi connectivity index (χ1) is 18.3. The minimum Gasteiger partial charge on any atom is -0.497 e. The summed E-state index contributed by atoms with van der Waals surface area (Å²) < 4.78 is 39.6. The van der Waals surface area contributed by atoms with E-state index in [-0.39, 0.29) is 29.6 Å². The second kappa shape index (κ2) is 12.3. The van der Waals surface area contributed by atoms with Gasteiger partial charge in [0.1, 0.15) is 16.4 Å². The summed E-state index contributed by atoms with van der Waals surface area (Å²) >= 11 is 0. The second-order valence-corrected chi connectivity index (χ2v) is 11.2. The molecule has 1 amide bonds. The highest BCUT2D eigenvalue weighted by atomic mass is 32.2. The molecule has 4 rings (SSSR count). The van der Waals surface area contributed by atoms with Crippen LogP contribution in [0.4, 0.5) is 5.69 Å². The number of nitrogens with zero attached hydrogens (tertiary/aromatic N) is 3. The Morgan fingerprint density at radius 3 is 2.21 bits per heavy atom. The van der Waals surface area contributed by atoms with Gasteiger partial charge in [-0.3, -0.25) is 4.79 Å². The lowest BCUT2D eigenvalue weighted by Gasteiger charge is -2.37. The fourth-order valence-electron chi connectivity index (χ4n) is 4.57. The van der Waals surface area contributed by atoms with Crippen molar-refractivity contribution in [2.24, 2.45) is 0 Å². The zero-order chi connectivity index (χ0) is 27.1. The minimum atomic E-state index is -3.99. The molecule has 3 aromatic rings. The molecule has 0 spiro atoms. The van der Waals surface area contributed by atoms with Crippen LogP contribution in [0.2, 0.25) is 0 Å². The van der Waals surface area contributed by atoms with Crippen molar-refractivity contribution in [2.75, 3.05) is 58.4 Å². The number of anilines is 1. The van der Waals surface area contributed by atoms with E-state index in [1.165, 1.54) is 11.4 Å².